The van der Waals surface area contributed by atoms with Gasteiger partial charge in [-0.3, -0.25) is 0 Å². The molecule has 0 amide bonds. The summed E-state index contributed by atoms with van der Waals surface area (Å²) in [5, 5.41) is 4.03. The summed E-state index contributed by atoms with van der Waals surface area (Å²) in [4.78, 5) is 0. The fourth-order valence-corrected chi connectivity index (χ4v) is 2.79. The van der Waals surface area contributed by atoms with Crippen LogP contribution in [0.1, 0.15) is 16.7 Å². The van der Waals surface area contributed by atoms with Gasteiger partial charge in [0.15, 0.2) is 11.5 Å². The van der Waals surface area contributed by atoms with Crippen molar-refractivity contribution in [2.45, 2.75) is 18.9 Å². The summed E-state index contributed by atoms with van der Waals surface area (Å²) in [6, 6.07) is 14.3. The second-order valence-electron chi connectivity index (χ2n) is 5.31. The molecule has 0 atom stereocenters. The Hall–Kier alpha value is -2.49. The Morgan fingerprint density at radius 1 is 1.09 bits per heavy atom. The third-order valence-electron chi connectivity index (χ3n) is 3.84. The fraction of sp³-hybridized carbons (Fsp3) is 0.278. The summed E-state index contributed by atoms with van der Waals surface area (Å²) < 4.78 is 11.6. The van der Waals surface area contributed by atoms with Crippen LogP contribution in [0, 0.1) is 0 Å². The molecule has 1 aliphatic rings. The molecule has 2 aromatic rings. The van der Waals surface area contributed by atoms with Crippen LogP contribution in [0.25, 0.3) is 0 Å². The van der Waals surface area contributed by atoms with Gasteiger partial charge in [-0.25, -0.2) is 0 Å². The van der Waals surface area contributed by atoms with Crippen molar-refractivity contribution in [3.63, 3.8) is 0 Å². The molecule has 0 unspecified atom stereocenters. The van der Waals surface area contributed by atoms with Crippen molar-refractivity contribution in [1.29, 1.82) is 0 Å². The Morgan fingerprint density at radius 2 is 1.82 bits per heavy atom. The quantitative estimate of drug-likeness (QED) is 0.681. The predicted molar refractivity (Wildman–Crippen MR) is 87.9 cm³/mol. The van der Waals surface area contributed by atoms with Crippen LogP contribution in [0.2, 0.25) is 0 Å². The molecular weight excluding hydrogens is 276 g/mol. The van der Waals surface area contributed by atoms with Gasteiger partial charge < -0.3 is 14.9 Å². The molecule has 0 saturated carbocycles. The zero-order valence-corrected chi connectivity index (χ0v) is 12.9. The zero-order chi connectivity index (χ0) is 15.4. The Kier molecular flexibility index (Phi) is 4.28. The first kappa shape index (κ1) is 14.4. The molecule has 0 aliphatic heterocycles. The first-order chi connectivity index (χ1) is 10.8. The SMILES string of the molecule is CNN=Cc1ccc(OC)c(OC2Cc3ccccc3C2)c1. The second kappa shape index (κ2) is 6.52. The van der Waals surface area contributed by atoms with Gasteiger partial charge in [-0.15, -0.1) is 0 Å². The summed E-state index contributed by atoms with van der Waals surface area (Å²) in [7, 11) is 3.43. The maximum atomic E-state index is 6.19. The lowest BCUT2D eigenvalue weighted by molar-refractivity contribution is 0.204. The van der Waals surface area contributed by atoms with Gasteiger partial charge in [0.1, 0.15) is 6.10 Å². The molecule has 4 heteroatoms. The molecule has 4 nitrogen and oxygen atoms in total. The summed E-state index contributed by atoms with van der Waals surface area (Å²) in [6.07, 6.45) is 3.79. The molecule has 0 aromatic heterocycles. The standard InChI is InChI=1S/C18H20N2O2/c1-19-20-12-13-7-8-17(21-2)18(9-13)22-16-10-14-5-3-4-6-15(14)11-16/h3-9,12,16,19H,10-11H2,1-2H3. The molecule has 0 fully saturated rings. The van der Waals surface area contributed by atoms with E-state index in [1.807, 2.05) is 18.2 Å². The number of hydrogen-bond acceptors (Lipinski definition) is 4. The molecular formula is C18H20N2O2. The van der Waals surface area contributed by atoms with Gasteiger partial charge in [0, 0.05) is 19.9 Å². The van der Waals surface area contributed by atoms with Crippen molar-refractivity contribution < 1.29 is 9.47 Å². The monoisotopic (exact) mass is 296 g/mol. The number of fused-ring (bicyclic) bond motifs is 1. The van der Waals surface area contributed by atoms with E-state index in [2.05, 4.69) is 34.8 Å². The minimum absolute atomic E-state index is 0.155. The van der Waals surface area contributed by atoms with E-state index < -0.39 is 0 Å². The zero-order valence-electron chi connectivity index (χ0n) is 12.9. The average molecular weight is 296 g/mol. The molecule has 1 aliphatic carbocycles. The summed E-state index contributed by atoms with van der Waals surface area (Å²) in [6.45, 7) is 0. The van der Waals surface area contributed by atoms with E-state index >= 15 is 0 Å². The third kappa shape index (κ3) is 3.06. The Morgan fingerprint density at radius 3 is 2.45 bits per heavy atom. The van der Waals surface area contributed by atoms with E-state index in [-0.39, 0.29) is 6.10 Å². The van der Waals surface area contributed by atoms with Gasteiger partial charge in [0.2, 0.25) is 0 Å². The minimum Gasteiger partial charge on any atom is -0.493 e. The van der Waals surface area contributed by atoms with E-state index in [1.54, 1.807) is 20.4 Å². The molecule has 2 aromatic carbocycles. The number of methoxy groups -OCH3 is 1. The number of benzene rings is 2. The highest BCUT2D eigenvalue weighted by Gasteiger charge is 2.23. The van der Waals surface area contributed by atoms with Crippen molar-refractivity contribution >= 4 is 6.21 Å². The van der Waals surface area contributed by atoms with E-state index in [1.165, 1.54) is 11.1 Å². The van der Waals surface area contributed by atoms with Crippen LogP contribution >= 0.6 is 0 Å². The van der Waals surface area contributed by atoms with Crippen LogP contribution in [0.15, 0.2) is 47.6 Å². The lowest BCUT2D eigenvalue weighted by Gasteiger charge is -2.16. The largest absolute Gasteiger partial charge is 0.493 e. The van der Waals surface area contributed by atoms with Gasteiger partial charge in [0.25, 0.3) is 0 Å². The van der Waals surface area contributed by atoms with Crippen LogP contribution in [0.3, 0.4) is 0 Å². The predicted octanol–water partition coefficient (Wildman–Crippen LogP) is 2.79. The highest BCUT2D eigenvalue weighted by molar-refractivity contribution is 5.80. The minimum atomic E-state index is 0.155. The summed E-state index contributed by atoms with van der Waals surface area (Å²) >= 11 is 0. The lowest BCUT2D eigenvalue weighted by Crippen LogP contribution is -2.16. The number of hydrogen-bond donors (Lipinski definition) is 1. The summed E-state index contributed by atoms with van der Waals surface area (Å²) in [5.41, 5.74) is 6.47. The van der Waals surface area contributed by atoms with E-state index in [4.69, 9.17) is 9.47 Å². The Bertz CT molecular complexity index is 658. The summed E-state index contributed by atoms with van der Waals surface area (Å²) in [5.74, 6) is 1.51. The molecule has 0 heterocycles. The van der Waals surface area contributed by atoms with Gasteiger partial charge in [-0.1, -0.05) is 24.3 Å². The van der Waals surface area contributed by atoms with Crippen LogP contribution in [0.4, 0.5) is 0 Å². The van der Waals surface area contributed by atoms with E-state index in [0.29, 0.717) is 0 Å². The first-order valence-electron chi connectivity index (χ1n) is 7.41. The average Bonchev–Trinajstić information content (AvgIpc) is 2.95. The molecule has 0 spiro atoms. The van der Waals surface area contributed by atoms with Crippen molar-refractivity contribution in [1.82, 2.24) is 5.43 Å². The number of rotatable bonds is 5. The number of nitrogens with zero attached hydrogens (tertiary/aromatic N) is 1. The normalized spacial score (nSPS) is 14.1. The molecule has 0 bridgehead atoms. The highest BCUT2D eigenvalue weighted by atomic mass is 16.5. The van der Waals surface area contributed by atoms with Crippen molar-refractivity contribution in [3.05, 3.63) is 59.2 Å². The molecule has 22 heavy (non-hydrogen) atoms. The highest BCUT2D eigenvalue weighted by Crippen LogP contribution is 2.32. The van der Waals surface area contributed by atoms with Gasteiger partial charge in [-0.05, 0) is 34.9 Å². The van der Waals surface area contributed by atoms with Crippen LogP contribution < -0.4 is 14.9 Å². The molecule has 0 radical (unpaired) electrons. The molecule has 3 rings (SSSR count). The van der Waals surface area contributed by atoms with Gasteiger partial charge in [0.05, 0.1) is 13.3 Å². The van der Waals surface area contributed by atoms with Gasteiger partial charge in [-0.2, -0.15) is 5.10 Å². The number of ether oxygens (including phenoxy) is 2. The number of nitrogens with one attached hydrogen (secondary N) is 1. The molecule has 1 N–H and O–H groups in total. The van der Waals surface area contributed by atoms with E-state index in [9.17, 15) is 0 Å². The lowest BCUT2D eigenvalue weighted by atomic mass is 10.1. The maximum absolute atomic E-state index is 6.19. The van der Waals surface area contributed by atoms with Gasteiger partial charge >= 0.3 is 0 Å². The van der Waals surface area contributed by atoms with Crippen molar-refractivity contribution in [2.75, 3.05) is 14.2 Å². The third-order valence-corrected chi connectivity index (χ3v) is 3.84. The topological polar surface area (TPSA) is 42.9 Å². The maximum Gasteiger partial charge on any atom is 0.162 e. The number of hydrazone groups is 1. The Labute approximate surface area is 130 Å². The second-order valence-corrected chi connectivity index (χ2v) is 5.31. The van der Waals surface area contributed by atoms with Crippen LogP contribution in [-0.4, -0.2) is 26.5 Å². The first-order valence-corrected chi connectivity index (χ1v) is 7.41. The Balaban J connectivity index is 1.78. The molecule has 0 saturated heterocycles. The fourth-order valence-electron chi connectivity index (χ4n) is 2.79. The van der Waals surface area contributed by atoms with Crippen LogP contribution in [0.5, 0.6) is 11.5 Å². The molecule has 114 valence electrons. The van der Waals surface area contributed by atoms with Crippen LogP contribution in [-0.2, 0) is 12.8 Å². The van der Waals surface area contributed by atoms with E-state index in [0.717, 1.165) is 29.9 Å². The van der Waals surface area contributed by atoms with Crippen molar-refractivity contribution in [3.8, 4) is 11.5 Å². The smallest absolute Gasteiger partial charge is 0.162 e. The van der Waals surface area contributed by atoms with Crippen molar-refractivity contribution in [2.24, 2.45) is 5.10 Å².